The van der Waals surface area contributed by atoms with E-state index >= 15 is 0 Å². The lowest BCUT2D eigenvalue weighted by Crippen LogP contribution is -2.12. The Bertz CT molecular complexity index is 406. The summed E-state index contributed by atoms with van der Waals surface area (Å²) in [5, 5.41) is 3.15. The molecule has 0 atom stereocenters. The van der Waals surface area contributed by atoms with E-state index in [0.717, 1.165) is 12.1 Å². The number of ether oxygens (including phenoxy) is 1. The Morgan fingerprint density at radius 2 is 2.33 bits per heavy atom. The van der Waals surface area contributed by atoms with Gasteiger partial charge in [0.15, 0.2) is 0 Å². The lowest BCUT2D eigenvalue weighted by molar-refractivity contribution is -0.143. The van der Waals surface area contributed by atoms with E-state index in [9.17, 15) is 4.79 Å². The molecule has 0 radical (unpaired) electrons. The van der Waals surface area contributed by atoms with Crippen LogP contribution in [-0.2, 0) is 9.53 Å². The summed E-state index contributed by atoms with van der Waals surface area (Å²) in [5.74, 6) is -0.166. The average Bonchev–Trinajstić information content (AvgIpc) is 2.35. The highest BCUT2D eigenvalue weighted by Gasteiger charge is 2.01. The summed E-state index contributed by atoms with van der Waals surface area (Å²) in [6, 6.07) is 3.61. The summed E-state index contributed by atoms with van der Waals surface area (Å²) >= 11 is 4.81. The van der Waals surface area contributed by atoms with Crippen LogP contribution in [0.25, 0.3) is 0 Å². The molecular weight excluding hydrogens is 250 g/mol. The first-order chi connectivity index (χ1) is 8.63. The molecule has 1 aromatic heterocycles. The third-order valence-electron chi connectivity index (χ3n) is 2.21. The minimum atomic E-state index is -0.166. The fourth-order valence-corrected chi connectivity index (χ4v) is 1.46. The van der Waals surface area contributed by atoms with Gasteiger partial charge in [-0.3, -0.25) is 9.78 Å². The van der Waals surface area contributed by atoms with E-state index in [-0.39, 0.29) is 11.0 Å². The number of esters is 1. The van der Waals surface area contributed by atoms with Crippen LogP contribution < -0.4 is 11.1 Å². The van der Waals surface area contributed by atoms with E-state index in [1.807, 2.05) is 6.07 Å². The van der Waals surface area contributed by atoms with E-state index in [4.69, 9.17) is 22.7 Å². The van der Waals surface area contributed by atoms with Crippen molar-refractivity contribution in [1.29, 1.82) is 0 Å². The van der Waals surface area contributed by atoms with Crippen LogP contribution in [-0.4, -0.2) is 29.1 Å². The number of anilines is 1. The predicted octanol–water partition coefficient (Wildman–Crippen LogP) is 1.47. The van der Waals surface area contributed by atoms with Gasteiger partial charge in [0.1, 0.15) is 4.99 Å². The molecule has 0 bridgehead atoms. The van der Waals surface area contributed by atoms with E-state index in [2.05, 4.69) is 10.3 Å². The maximum absolute atomic E-state index is 11.1. The van der Waals surface area contributed by atoms with Crippen LogP contribution >= 0.6 is 12.2 Å². The van der Waals surface area contributed by atoms with Gasteiger partial charge in [0.2, 0.25) is 0 Å². The van der Waals surface area contributed by atoms with Crippen molar-refractivity contribution in [2.75, 3.05) is 18.5 Å². The third-order valence-corrected chi connectivity index (χ3v) is 2.42. The van der Waals surface area contributed by atoms with Crippen molar-refractivity contribution in [3.8, 4) is 0 Å². The van der Waals surface area contributed by atoms with Crippen molar-refractivity contribution in [3.63, 3.8) is 0 Å². The fraction of sp³-hybridized carbons (Fsp3) is 0.417. The summed E-state index contributed by atoms with van der Waals surface area (Å²) < 4.78 is 4.83. The summed E-state index contributed by atoms with van der Waals surface area (Å²) in [5.41, 5.74) is 6.92. The van der Waals surface area contributed by atoms with Gasteiger partial charge in [-0.15, -0.1) is 0 Å². The molecule has 0 spiro atoms. The highest BCUT2D eigenvalue weighted by atomic mass is 32.1. The third kappa shape index (κ3) is 5.09. The van der Waals surface area contributed by atoms with Gasteiger partial charge >= 0.3 is 5.97 Å². The second kappa shape index (κ2) is 7.60. The number of hydrogen-bond acceptors (Lipinski definition) is 5. The van der Waals surface area contributed by atoms with E-state index < -0.39 is 0 Å². The quantitative estimate of drug-likeness (QED) is 0.442. The molecule has 0 unspecified atom stereocenters. The first-order valence-electron chi connectivity index (χ1n) is 5.79. The van der Waals surface area contributed by atoms with E-state index in [1.165, 1.54) is 0 Å². The van der Waals surface area contributed by atoms with Crippen LogP contribution in [0.2, 0.25) is 0 Å². The predicted molar refractivity (Wildman–Crippen MR) is 74.5 cm³/mol. The Labute approximate surface area is 112 Å². The Kier molecular flexibility index (Phi) is 6.07. The van der Waals surface area contributed by atoms with Gasteiger partial charge in [-0.25, -0.2) is 0 Å². The first kappa shape index (κ1) is 14.4. The Morgan fingerprint density at radius 1 is 1.56 bits per heavy atom. The molecule has 0 aliphatic carbocycles. The average molecular weight is 267 g/mol. The molecule has 1 heterocycles. The van der Waals surface area contributed by atoms with Crippen LogP contribution in [0.5, 0.6) is 0 Å². The van der Waals surface area contributed by atoms with E-state index in [0.29, 0.717) is 25.3 Å². The van der Waals surface area contributed by atoms with E-state index in [1.54, 1.807) is 19.2 Å². The van der Waals surface area contributed by atoms with Crippen molar-refractivity contribution in [2.24, 2.45) is 5.73 Å². The monoisotopic (exact) mass is 267 g/mol. The summed E-state index contributed by atoms with van der Waals surface area (Å²) in [6.07, 6.45) is 2.80. The number of carbonyl (C=O) groups is 1. The van der Waals surface area contributed by atoms with Gasteiger partial charge in [-0.1, -0.05) is 12.2 Å². The zero-order chi connectivity index (χ0) is 13.4. The number of hydrogen-bond donors (Lipinski definition) is 2. The molecule has 0 amide bonds. The van der Waals surface area contributed by atoms with Crippen LogP contribution in [0.3, 0.4) is 0 Å². The molecule has 98 valence electrons. The SMILES string of the molecule is CCOC(=O)CCCNc1ccc(C(N)=S)nc1. The number of thiocarbonyl (C=S) groups is 1. The highest BCUT2D eigenvalue weighted by molar-refractivity contribution is 7.80. The number of aromatic nitrogens is 1. The van der Waals surface area contributed by atoms with Crippen molar-refractivity contribution in [1.82, 2.24) is 4.98 Å². The number of carbonyl (C=O) groups excluding carboxylic acids is 1. The second-order valence-electron chi connectivity index (χ2n) is 3.63. The van der Waals surface area contributed by atoms with Gasteiger partial charge in [0.05, 0.1) is 24.2 Å². The molecular formula is C12H17N3O2S. The number of nitrogens with two attached hydrogens (primary N) is 1. The van der Waals surface area contributed by atoms with Crippen molar-refractivity contribution >= 4 is 28.9 Å². The highest BCUT2D eigenvalue weighted by Crippen LogP contribution is 2.06. The maximum Gasteiger partial charge on any atom is 0.305 e. The molecule has 1 rings (SSSR count). The minimum Gasteiger partial charge on any atom is -0.466 e. The van der Waals surface area contributed by atoms with Crippen LogP contribution in [0.4, 0.5) is 5.69 Å². The normalized spacial score (nSPS) is 9.83. The van der Waals surface area contributed by atoms with Gasteiger partial charge < -0.3 is 15.8 Å². The molecule has 0 saturated carbocycles. The Hall–Kier alpha value is -1.69. The zero-order valence-electron chi connectivity index (χ0n) is 10.3. The lowest BCUT2D eigenvalue weighted by Gasteiger charge is -2.06. The zero-order valence-corrected chi connectivity index (χ0v) is 11.1. The second-order valence-corrected chi connectivity index (χ2v) is 4.07. The number of nitrogens with one attached hydrogen (secondary N) is 1. The minimum absolute atomic E-state index is 0.166. The molecule has 5 nitrogen and oxygen atoms in total. The van der Waals surface area contributed by atoms with Crippen molar-refractivity contribution in [3.05, 3.63) is 24.0 Å². The molecule has 0 aromatic carbocycles. The molecule has 0 fully saturated rings. The van der Waals surface area contributed by atoms with Crippen molar-refractivity contribution in [2.45, 2.75) is 19.8 Å². The Balaban J connectivity index is 2.27. The number of nitrogens with zero attached hydrogens (tertiary/aromatic N) is 1. The number of rotatable bonds is 7. The fourth-order valence-electron chi connectivity index (χ4n) is 1.34. The van der Waals surface area contributed by atoms with Crippen LogP contribution in [0.15, 0.2) is 18.3 Å². The van der Waals surface area contributed by atoms with Gasteiger partial charge in [0.25, 0.3) is 0 Å². The molecule has 18 heavy (non-hydrogen) atoms. The topological polar surface area (TPSA) is 77.2 Å². The van der Waals surface area contributed by atoms with Gasteiger partial charge in [0, 0.05) is 13.0 Å². The van der Waals surface area contributed by atoms with Gasteiger partial charge in [-0.05, 0) is 25.5 Å². The molecule has 0 aliphatic rings. The molecule has 0 aliphatic heterocycles. The lowest BCUT2D eigenvalue weighted by atomic mass is 10.3. The molecule has 6 heteroatoms. The van der Waals surface area contributed by atoms with Crippen LogP contribution in [0, 0.1) is 0 Å². The molecule has 3 N–H and O–H groups in total. The van der Waals surface area contributed by atoms with Crippen molar-refractivity contribution < 1.29 is 9.53 Å². The summed E-state index contributed by atoms with van der Waals surface area (Å²) in [6.45, 7) is 2.91. The molecule has 1 aromatic rings. The summed E-state index contributed by atoms with van der Waals surface area (Å²) in [7, 11) is 0. The standard InChI is InChI=1S/C12H17N3O2S/c1-2-17-11(16)4-3-7-14-9-5-6-10(12(13)18)15-8-9/h5-6,8,14H,2-4,7H2,1H3,(H2,13,18). The molecule has 0 saturated heterocycles. The maximum atomic E-state index is 11.1. The van der Waals surface area contributed by atoms with Crippen LogP contribution in [0.1, 0.15) is 25.5 Å². The Morgan fingerprint density at radius 3 is 2.89 bits per heavy atom. The number of pyridine rings is 1. The smallest absolute Gasteiger partial charge is 0.305 e. The largest absolute Gasteiger partial charge is 0.466 e. The first-order valence-corrected chi connectivity index (χ1v) is 6.19. The van der Waals surface area contributed by atoms with Gasteiger partial charge in [-0.2, -0.15) is 0 Å². The summed E-state index contributed by atoms with van der Waals surface area (Å²) in [4.78, 5) is 15.5.